The number of nitrogens with zero attached hydrogens (tertiary/aromatic N) is 1. The summed E-state index contributed by atoms with van der Waals surface area (Å²) < 4.78 is 13.1. The predicted molar refractivity (Wildman–Crippen MR) is 71.2 cm³/mol. The molecule has 2 nitrogen and oxygen atoms in total. The molecule has 0 heterocycles. The van der Waals surface area contributed by atoms with Crippen LogP contribution in [0.1, 0.15) is 31.2 Å². The lowest BCUT2D eigenvalue weighted by molar-refractivity contribution is 0.229. The molecule has 4 heteroatoms. The van der Waals surface area contributed by atoms with Crippen molar-refractivity contribution in [2.75, 3.05) is 13.2 Å². The lowest BCUT2D eigenvalue weighted by atomic mass is 10.2. The van der Waals surface area contributed by atoms with Crippen molar-refractivity contribution < 1.29 is 9.50 Å². The first-order valence-corrected chi connectivity index (χ1v) is 6.87. The third kappa shape index (κ3) is 3.94. The molecule has 1 N–H and O–H groups in total. The Morgan fingerprint density at radius 3 is 2.72 bits per heavy atom. The molecule has 1 fully saturated rings. The Bertz CT molecular complexity index is 395. The molecule has 18 heavy (non-hydrogen) atoms. The molecule has 1 aromatic rings. The zero-order valence-corrected chi connectivity index (χ0v) is 11.2. The highest BCUT2D eigenvalue weighted by Gasteiger charge is 2.28. The van der Waals surface area contributed by atoms with Crippen molar-refractivity contribution >= 4 is 11.6 Å². The smallest absolute Gasteiger partial charge is 0.141 e. The molecule has 2 rings (SSSR count). The van der Waals surface area contributed by atoms with E-state index in [4.69, 9.17) is 16.7 Å². The van der Waals surface area contributed by atoms with E-state index in [1.165, 1.54) is 18.9 Å². The van der Waals surface area contributed by atoms with Crippen LogP contribution in [0.2, 0.25) is 5.02 Å². The lowest BCUT2D eigenvalue weighted by Gasteiger charge is -2.22. The van der Waals surface area contributed by atoms with Gasteiger partial charge in [0.15, 0.2) is 0 Å². The van der Waals surface area contributed by atoms with Gasteiger partial charge in [-0.15, -0.1) is 0 Å². The van der Waals surface area contributed by atoms with Crippen molar-refractivity contribution in [2.24, 2.45) is 0 Å². The van der Waals surface area contributed by atoms with Crippen LogP contribution in [0.15, 0.2) is 18.2 Å². The molecule has 0 unspecified atom stereocenters. The molecular weight excluding hydrogens is 253 g/mol. The van der Waals surface area contributed by atoms with E-state index in [0.717, 1.165) is 31.5 Å². The lowest BCUT2D eigenvalue weighted by Crippen LogP contribution is -2.26. The molecule has 1 saturated carbocycles. The SMILES string of the molecule is OCCCCN(Cc1ccc(F)c(Cl)c1)C1CC1. The quantitative estimate of drug-likeness (QED) is 0.770. The van der Waals surface area contributed by atoms with Crippen LogP contribution < -0.4 is 0 Å². The minimum absolute atomic E-state index is 0.193. The summed E-state index contributed by atoms with van der Waals surface area (Å²) in [4.78, 5) is 2.40. The summed E-state index contributed by atoms with van der Waals surface area (Å²) in [5.74, 6) is -0.362. The third-order valence-corrected chi connectivity index (χ3v) is 3.58. The van der Waals surface area contributed by atoms with E-state index in [1.54, 1.807) is 12.1 Å². The van der Waals surface area contributed by atoms with Crippen molar-refractivity contribution in [1.29, 1.82) is 0 Å². The van der Waals surface area contributed by atoms with Gasteiger partial charge in [-0.3, -0.25) is 4.90 Å². The molecule has 1 aliphatic carbocycles. The summed E-state index contributed by atoms with van der Waals surface area (Å²) in [6.07, 6.45) is 4.33. The Balaban J connectivity index is 1.92. The van der Waals surface area contributed by atoms with Crippen molar-refractivity contribution in [3.05, 3.63) is 34.6 Å². The molecule has 1 aromatic carbocycles. The molecule has 0 amide bonds. The predicted octanol–water partition coefficient (Wildman–Crippen LogP) is 3.22. The first kappa shape index (κ1) is 13.8. The number of benzene rings is 1. The maximum absolute atomic E-state index is 13.1. The Morgan fingerprint density at radius 1 is 1.33 bits per heavy atom. The highest BCUT2D eigenvalue weighted by Crippen LogP contribution is 2.29. The van der Waals surface area contributed by atoms with Crippen LogP contribution in [0.5, 0.6) is 0 Å². The Labute approximate surface area is 112 Å². The average Bonchev–Trinajstić information content (AvgIpc) is 3.17. The van der Waals surface area contributed by atoms with E-state index >= 15 is 0 Å². The van der Waals surface area contributed by atoms with Gasteiger partial charge in [0.05, 0.1) is 5.02 Å². The Hall–Kier alpha value is -0.640. The number of aliphatic hydroxyl groups excluding tert-OH is 1. The molecular formula is C14H19ClFNO. The molecule has 0 bridgehead atoms. The van der Waals surface area contributed by atoms with Crippen LogP contribution >= 0.6 is 11.6 Å². The van der Waals surface area contributed by atoms with E-state index in [0.29, 0.717) is 6.04 Å². The van der Waals surface area contributed by atoms with Crippen LogP contribution in [-0.4, -0.2) is 29.2 Å². The fraction of sp³-hybridized carbons (Fsp3) is 0.571. The number of hydrogen-bond donors (Lipinski definition) is 1. The van der Waals surface area contributed by atoms with Gasteiger partial charge in [0.1, 0.15) is 5.82 Å². The molecule has 100 valence electrons. The average molecular weight is 272 g/mol. The largest absolute Gasteiger partial charge is 0.396 e. The monoisotopic (exact) mass is 271 g/mol. The second kappa shape index (κ2) is 6.50. The summed E-state index contributed by atoms with van der Waals surface area (Å²) in [5.41, 5.74) is 1.05. The minimum Gasteiger partial charge on any atom is -0.396 e. The third-order valence-electron chi connectivity index (χ3n) is 3.29. The Morgan fingerprint density at radius 2 is 2.11 bits per heavy atom. The fourth-order valence-corrected chi connectivity index (χ4v) is 2.33. The number of aliphatic hydroxyl groups is 1. The van der Waals surface area contributed by atoms with E-state index < -0.39 is 0 Å². The van der Waals surface area contributed by atoms with Crippen LogP contribution in [0.25, 0.3) is 0 Å². The van der Waals surface area contributed by atoms with Gasteiger partial charge in [-0.2, -0.15) is 0 Å². The van der Waals surface area contributed by atoms with E-state index in [2.05, 4.69) is 4.90 Å². The van der Waals surface area contributed by atoms with Crippen molar-refractivity contribution in [1.82, 2.24) is 4.90 Å². The number of hydrogen-bond acceptors (Lipinski definition) is 2. The summed E-state index contributed by atoms with van der Waals surface area (Å²) in [6, 6.07) is 5.59. The second-order valence-electron chi connectivity index (χ2n) is 4.88. The molecule has 0 spiro atoms. The van der Waals surface area contributed by atoms with Gasteiger partial charge in [-0.25, -0.2) is 4.39 Å². The number of rotatable bonds is 7. The Kier molecular flexibility index (Phi) is 4.98. The van der Waals surface area contributed by atoms with Crippen molar-refractivity contribution in [3.63, 3.8) is 0 Å². The van der Waals surface area contributed by atoms with Gasteiger partial charge in [-0.05, 0) is 49.9 Å². The number of halogens is 2. The first-order chi connectivity index (χ1) is 8.70. The molecule has 0 saturated heterocycles. The van der Waals surface area contributed by atoms with E-state index in [9.17, 15) is 4.39 Å². The zero-order chi connectivity index (χ0) is 13.0. The topological polar surface area (TPSA) is 23.5 Å². The maximum atomic E-state index is 13.1. The van der Waals surface area contributed by atoms with Gasteiger partial charge < -0.3 is 5.11 Å². The highest BCUT2D eigenvalue weighted by atomic mass is 35.5. The number of unbranched alkanes of at least 4 members (excludes halogenated alkanes) is 1. The summed E-state index contributed by atoms with van der Waals surface area (Å²) >= 11 is 5.79. The van der Waals surface area contributed by atoms with Gasteiger partial charge in [0, 0.05) is 19.2 Å². The van der Waals surface area contributed by atoms with Gasteiger partial charge in [-0.1, -0.05) is 17.7 Å². The summed E-state index contributed by atoms with van der Waals surface area (Å²) in [7, 11) is 0. The zero-order valence-electron chi connectivity index (χ0n) is 10.4. The second-order valence-corrected chi connectivity index (χ2v) is 5.29. The molecule has 0 atom stereocenters. The van der Waals surface area contributed by atoms with E-state index in [-0.39, 0.29) is 17.4 Å². The highest BCUT2D eigenvalue weighted by molar-refractivity contribution is 6.30. The van der Waals surface area contributed by atoms with Gasteiger partial charge in [0.25, 0.3) is 0 Å². The minimum atomic E-state index is -0.362. The van der Waals surface area contributed by atoms with Crippen molar-refractivity contribution in [2.45, 2.75) is 38.3 Å². The molecule has 0 aliphatic heterocycles. The molecule has 1 aliphatic rings. The van der Waals surface area contributed by atoms with Crippen LogP contribution in [-0.2, 0) is 6.54 Å². The van der Waals surface area contributed by atoms with Crippen molar-refractivity contribution in [3.8, 4) is 0 Å². The maximum Gasteiger partial charge on any atom is 0.141 e. The standard InChI is InChI=1S/C14H19ClFNO/c15-13-9-11(3-6-14(13)16)10-17(12-4-5-12)7-1-2-8-18/h3,6,9,12,18H,1-2,4-5,7-8,10H2. The molecule has 0 radical (unpaired) electrons. The summed E-state index contributed by atoms with van der Waals surface area (Å²) in [6.45, 7) is 2.05. The fourth-order valence-electron chi connectivity index (χ4n) is 2.13. The first-order valence-electron chi connectivity index (χ1n) is 6.49. The van der Waals surface area contributed by atoms with Crippen LogP contribution in [0.4, 0.5) is 4.39 Å². The van der Waals surface area contributed by atoms with Crippen LogP contribution in [0.3, 0.4) is 0 Å². The van der Waals surface area contributed by atoms with Crippen LogP contribution in [0, 0.1) is 5.82 Å². The van der Waals surface area contributed by atoms with E-state index in [1.807, 2.05) is 0 Å². The van der Waals surface area contributed by atoms with Gasteiger partial charge >= 0.3 is 0 Å². The van der Waals surface area contributed by atoms with Gasteiger partial charge in [0.2, 0.25) is 0 Å². The normalized spacial score (nSPS) is 15.3. The molecule has 0 aromatic heterocycles. The summed E-state index contributed by atoms with van der Waals surface area (Å²) in [5, 5.41) is 9.01.